The molecule has 0 fully saturated rings. The van der Waals surface area contributed by atoms with Crippen molar-refractivity contribution in [3.63, 3.8) is 0 Å². The van der Waals surface area contributed by atoms with Crippen molar-refractivity contribution in [2.75, 3.05) is 19.8 Å². The summed E-state index contributed by atoms with van der Waals surface area (Å²) in [5.74, 6) is -0.0605. The molecule has 0 saturated heterocycles. The van der Waals surface area contributed by atoms with Crippen LogP contribution in [0.15, 0.2) is 0 Å². The number of rotatable bonds is 23. The van der Waals surface area contributed by atoms with Crippen LogP contribution in [-0.2, 0) is 14.3 Å². The second-order valence-electron chi connectivity index (χ2n) is 8.24. The van der Waals surface area contributed by atoms with E-state index < -0.39 is 0 Å². The van der Waals surface area contributed by atoms with Gasteiger partial charge in [-0.15, -0.1) is 0 Å². The summed E-state index contributed by atoms with van der Waals surface area (Å²) in [6.45, 7) is 6.24. The molecule has 0 unspecified atom stereocenters. The minimum absolute atomic E-state index is 0.0605. The van der Waals surface area contributed by atoms with E-state index >= 15 is 0 Å². The van der Waals surface area contributed by atoms with Gasteiger partial charge >= 0.3 is 5.97 Å². The lowest BCUT2D eigenvalue weighted by Gasteiger charge is -2.06. The number of carbonyl (C=O) groups excluding carboxylic acids is 1. The highest BCUT2D eigenvalue weighted by Crippen LogP contribution is 2.13. The first kappa shape index (κ1) is 27.4. The van der Waals surface area contributed by atoms with Crippen LogP contribution in [0.3, 0.4) is 0 Å². The van der Waals surface area contributed by atoms with Crippen LogP contribution in [0.5, 0.6) is 0 Å². The predicted octanol–water partition coefficient (Wildman–Crippen LogP) is 8.00. The van der Waals surface area contributed by atoms with Gasteiger partial charge in [0.2, 0.25) is 0 Å². The van der Waals surface area contributed by atoms with Crippen molar-refractivity contribution in [2.24, 2.45) is 0 Å². The van der Waals surface area contributed by atoms with Crippen LogP contribution in [0, 0.1) is 0 Å². The van der Waals surface area contributed by atoms with Gasteiger partial charge in [-0.1, -0.05) is 117 Å². The molecular weight excluding hydrogens is 348 g/mol. The van der Waals surface area contributed by atoms with E-state index in [1.807, 2.05) is 0 Å². The fourth-order valence-corrected chi connectivity index (χ4v) is 3.48. The van der Waals surface area contributed by atoms with E-state index in [0.29, 0.717) is 19.6 Å². The zero-order valence-electron chi connectivity index (χ0n) is 19.3. The van der Waals surface area contributed by atoms with Crippen molar-refractivity contribution in [1.82, 2.24) is 0 Å². The summed E-state index contributed by atoms with van der Waals surface area (Å²) in [4.78, 5) is 11.7. The molecule has 0 saturated carbocycles. The Hall–Kier alpha value is -0.570. The summed E-state index contributed by atoms with van der Waals surface area (Å²) in [7, 11) is 0. The Morgan fingerprint density at radius 2 is 0.929 bits per heavy atom. The summed E-state index contributed by atoms with van der Waals surface area (Å²) in [5.41, 5.74) is 0. The third-order valence-corrected chi connectivity index (χ3v) is 5.37. The molecule has 0 aliphatic heterocycles. The smallest absolute Gasteiger partial charge is 0.305 e. The average Bonchev–Trinajstić information content (AvgIpc) is 2.70. The fourth-order valence-electron chi connectivity index (χ4n) is 3.48. The van der Waals surface area contributed by atoms with Gasteiger partial charge in [-0.05, 0) is 12.8 Å². The molecule has 0 bridgehead atoms. The minimum Gasteiger partial charge on any atom is -0.463 e. The van der Waals surface area contributed by atoms with Crippen molar-refractivity contribution in [3.05, 3.63) is 0 Å². The lowest BCUT2D eigenvalue weighted by atomic mass is 10.0. The molecule has 168 valence electrons. The topological polar surface area (TPSA) is 35.5 Å². The molecule has 0 heterocycles. The van der Waals surface area contributed by atoms with Crippen molar-refractivity contribution >= 4 is 5.97 Å². The molecular formula is C25H50O3. The third kappa shape index (κ3) is 23.5. The number of hydrogen-bond acceptors (Lipinski definition) is 3. The van der Waals surface area contributed by atoms with E-state index in [1.54, 1.807) is 0 Å². The normalized spacial score (nSPS) is 11.1. The van der Waals surface area contributed by atoms with Crippen molar-refractivity contribution < 1.29 is 14.3 Å². The molecule has 0 radical (unpaired) electrons. The zero-order valence-corrected chi connectivity index (χ0v) is 19.3. The highest BCUT2D eigenvalue weighted by Gasteiger charge is 2.02. The number of carbonyl (C=O) groups is 1. The van der Waals surface area contributed by atoms with Crippen molar-refractivity contribution in [2.45, 2.75) is 136 Å². The van der Waals surface area contributed by atoms with Crippen LogP contribution in [0.2, 0.25) is 0 Å². The number of hydrogen-bond donors (Lipinski definition) is 0. The average molecular weight is 399 g/mol. The second-order valence-corrected chi connectivity index (χ2v) is 8.24. The monoisotopic (exact) mass is 398 g/mol. The maximum Gasteiger partial charge on any atom is 0.305 e. The van der Waals surface area contributed by atoms with E-state index in [1.165, 1.54) is 96.3 Å². The van der Waals surface area contributed by atoms with Gasteiger partial charge in [0.25, 0.3) is 0 Å². The van der Waals surface area contributed by atoms with E-state index in [4.69, 9.17) is 9.47 Å². The summed E-state index contributed by atoms with van der Waals surface area (Å²) < 4.78 is 10.7. The molecule has 28 heavy (non-hydrogen) atoms. The first-order valence-corrected chi connectivity index (χ1v) is 12.5. The van der Waals surface area contributed by atoms with Crippen molar-refractivity contribution in [3.8, 4) is 0 Å². The maximum absolute atomic E-state index is 11.7. The van der Waals surface area contributed by atoms with Crippen LogP contribution >= 0.6 is 0 Å². The van der Waals surface area contributed by atoms with Gasteiger partial charge < -0.3 is 9.47 Å². The fraction of sp³-hybridized carbons (Fsp3) is 0.960. The Morgan fingerprint density at radius 3 is 1.43 bits per heavy atom. The van der Waals surface area contributed by atoms with Gasteiger partial charge in [0.05, 0.1) is 6.61 Å². The van der Waals surface area contributed by atoms with Gasteiger partial charge in [0.15, 0.2) is 0 Å². The van der Waals surface area contributed by atoms with Gasteiger partial charge in [-0.25, -0.2) is 0 Å². The van der Waals surface area contributed by atoms with Crippen LogP contribution in [0.1, 0.15) is 136 Å². The molecule has 0 spiro atoms. The zero-order chi connectivity index (χ0) is 20.5. The van der Waals surface area contributed by atoms with Crippen LogP contribution in [0.25, 0.3) is 0 Å². The molecule has 0 aliphatic carbocycles. The van der Waals surface area contributed by atoms with Crippen LogP contribution in [-0.4, -0.2) is 25.8 Å². The molecule has 0 atom stereocenters. The molecule has 0 aromatic heterocycles. The van der Waals surface area contributed by atoms with Crippen molar-refractivity contribution in [1.29, 1.82) is 0 Å². The van der Waals surface area contributed by atoms with Gasteiger partial charge in [0, 0.05) is 13.0 Å². The number of ether oxygens (including phenoxy) is 2. The summed E-state index contributed by atoms with van der Waals surface area (Å²) in [6, 6.07) is 0. The van der Waals surface area contributed by atoms with Gasteiger partial charge in [0.1, 0.15) is 6.61 Å². The second kappa shape index (κ2) is 24.5. The summed E-state index contributed by atoms with van der Waals surface area (Å²) >= 11 is 0. The molecule has 3 heteroatoms. The highest BCUT2D eigenvalue weighted by atomic mass is 16.6. The molecule has 0 aliphatic rings. The highest BCUT2D eigenvalue weighted by molar-refractivity contribution is 5.69. The maximum atomic E-state index is 11.7. The first-order valence-electron chi connectivity index (χ1n) is 12.5. The minimum atomic E-state index is -0.0605. The molecule has 3 nitrogen and oxygen atoms in total. The summed E-state index contributed by atoms with van der Waals surface area (Å²) in [6.07, 6.45) is 24.1. The predicted molar refractivity (Wildman–Crippen MR) is 121 cm³/mol. The molecule has 0 aromatic rings. The third-order valence-electron chi connectivity index (χ3n) is 5.37. The Kier molecular flexibility index (Phi) is 24.0. The van der Waals surface area contributed by atoms with Crippen LogP contribution < -0.4 is 0 Å². The standard InChI is InChI=1S/C25H50O3/c1-3-5-7-9-10-11-12-13-14-15-16-17-19-21-25(26)28-24-23-27-22-20-18-8-6-4-2/h3-24H2,1-2H3. The summed E-state index contributed by atoms with van der Waals surface area (Å²) in [5, 5.41) is 0. The Labute approximate surface area is 176 Å². The quantitative estimate of drug-likeness (QED) is 0.129. The van der Waals surface area contributed by atoms with Crippen LogP contribution in [0.4, 0.5) is 0 Å². The molecule has 0 rings (SSSR count). The largest absolute Gasteiger partial charge is 0.463 e. The van der Waals surface area contributed by atoms with E-state index in [9.17, 15) is 4.79 Å². The number of unbranched alkanes of at least 4 members (excludes halogenated alkanes) is 16. The SMILES string of the molecule is CCCCCCCCCCCCCCCC(=O)OCCOCCCCCCC. The Morgan fingerprint density at radius 1 is 0.500 bits per heavy atom. The number of esters is 1. The van der Waals surface area contributed by atoms with E-state index in [-0.39, 0.29) is 5.97 Å². The molecule has 0 amide bonds. The van der Waals surface area contributed by atoms with Gasteiger partial charge in [-0.3, -0.25) is 4.79 Å². The molecule has 0 N–H and O–H groups in total. The van der Waals surface area contributed by atoms with Gasteiger partial charge in [-0.2, -0.15) is 0 Å². The van der Waals surface area contributed by atoms with E-state index in [2.05, 4.69) is 13.8 Å². The Balaban J connectivity index is 3.13. The lowest BCUT2D eigenvalue weighted by Crippen LogP contribution is -2.10. The Bertz CT molecular complexity index is 304. The van der Waals surface area contributed by atoms with E-state index in [0.717, 1.165) is 25.9 Å². The molecule has 0 aromatic carbocycles. The lowest BCUT2D eigenvalue weighted by molar-refractivity contribution is -0.145. The first-order chi connectivity index (χ1) is 13.8.